The predicted octanol–water partition coefficient (Wildman–Crippen LogP) is 5.83. The topological polar surface area (TPSA) is 94.1 Å². The molecule has 0 unspecified atom stereocenters. The van der Waals surface area contributed by atoms with Crippen LogP contribution in [0.25, 0.3) is 22.3 Å². The SMILES string of the molecule is CC[C@@H](C)n1c(OC)nc2cc(C(=O)Nc3ccc(OC(F)(F)Cl)cc3)cc(-c3ccn[nH]3)c21. The van der Waals surface area contributed by atoms with Gasteiger partial charge in [0.2, 0.25) is 0 Å². The molecule has 0 bridgehead atoms. The number of imidazole rings is 1. The second kappa shape index (κ2) is 9.30. The number of halogens is 3. The molecule has 0 aliphatic carbocycles. The maximum absolute atomic E-state index is 13.1. The first kappa shape index (κ1) is 23.5. The minimum atomic E-state index is -3.82. The highest BCUT2D eigenvalue weighted by Crippen LogP contribution is 2.35. The summed E-state index contributed by atoms with van der Waals surface area (Å²) in [7, 11) is 1.55. The summed E-state index contributed by atoms with van der Waals surface area (Å²) in [5, 5.41) is 9.74. The molecule has 178 valence electrons. The van der Waals surface area contributed by atoms with E-state index < -0.39 is 11.5 Å². The van der Waals surface area contributed by atoms with Crippen molar-refractivity contribution in [2.75, 3.05) is 12.4 Å². The van der Waals surface area contributed by atoms with Crippen LogP contribution in [0, 0.1) is 0 Å². The van der Waals surface area contributed by atoms with Gasteiger partial charge in [0.05, 0.1) is 23.8 Å². The van der Waals surface area contributed by atoms with E-state index in [0.717, 1.165) is 23.2 Å². The molecule has 2 aromatic carbocycles. The lowest BCUT2D eigenvalue weighted by Gasteiger charge is -2.16. The average molecular weight is 490 g/mol. The molecular weight excluding hydrogens is 468 g/mol. The number of rotatable bonds is 8. The second-order valence-corrected chi connectivity index (χ2v) is 8.05. The summed E-state index contributed by atoms with van der Waals surface area (Å²) >= 11 is 4.78. The Kier molecular flexibility index (Phi) is 6.43. The van der Waals surface area contributed by atoms with Crippen molar-refractivity contribution in [1.82, 2.24) is 19.7 Å². The van der Waals surface area contributed by atoms with Crippen LogP contribution in [-0.2, 0) is 0 Å². The molecule has 4 rings (SSSR count). The summed E-state index contributed by atoms with van der Waals surface area (Å²) < 4.78 is 37.4. The van der Waals surface area contributed by atoms with Crippen LogP contribution in [0.3, 0.4) is 0 Å². The van der Waals surface area contributed by atoms with Crippen LogP contribution in [0.2, 0.25) is 0 Å². The molecule has 2 N–H and O–H groups in total. The van der Waals surface area contributed by atoms with Crippen molar-refractivity contribution in [2.45, 2.75) is 31.9 Å². The Hall–Kier alpha value is -3.66. The van der Waals surface area contributed by atoms with Crippen LogP contribution in [0.1, 0.15) is 36.7 Å². The van der Waals surface area contributed by atoms with Crippen molar-refractivity contribution in [2.24, 2.45) is 0 Å². The molecule has 4 aromatic rings. The number of hydrogen-bond acceptors (Lipinski definition) is 5. The Morgan fingerprint density at radius 1 is 1.26 bits per heavy atom. The van der Waals surface area contributed by atoms with Crippen molar-refractivity contribution in [3.8, 4) is 23.0 Å². The quantitative estimate of drug-likeness (QED) is 0.304. The lowest BCUT2D eigenvalue weighted by Crippen LogP contribution is -2.16. The zero-order chi connectivity index (χ0) is 24.5. The fraction of sp³-hybridized carbons (Fsp3) is 0.261. The number of carbonyl (C=O) groups excluding carboxylic acids is 1. The minimum absolute atomic E-state index is 0.0994. The maximum atomic E-state index is 13.1. The van der Waals surface area contributed by atoms with Gasteiger partial charge in [-0.1, -0.05) is 6.92 Å². The highest BCUT2D eigenvalue weighted by atomic mass is 35.5. The molecule has 0 aliphatic heterocycles. The third-order valence-corrected chi connectivity index (χ3v) is 5.44. The molecule has 1 amide bonds. The van der Waals surface area contributed by atoms with Gasteiger partial charge in [-0.15, -0.1) is 8.78 Å². The van der Waals surface area contributed by atoms with Gasteiger partial charge in [-0.2, -0.15) is 10.1 Å². The first-order chi connectivity index (χ1) is 16.2. The highest BCUT2D eigenvalue weighted by Gasteiger charge is 2.27. The van der Waals surface area contributed by atoms with E-state index in [4.69, 9.17) is 16.3 Å². The smallest absolute Gasteiger partial charge is 0.468 e. The van der Waals surface area contributed by atoms with E-state index in [1.165, 1.54) is 24.3 Å². The molecular formula is C23H22ClF2N5O3. The Morgan fingerprint density at radius 3 is 2.59 bits per heavy atom. The summed E-state index contributed by atoms with van der Waals surface area (Å²) in [6, 6.07) is 11.2. The van der Waals surface area contributed by atoms with E-state index >= 15 is 0 Å². The number of H-pyrrole nitrogens is 1. The molecule has 0 spiro atoms. The summed E-state index contributed by atoms with van der Waals surface area (Å²) in [5.74, 6) is -0.542. The van der Waals surface area contributed by atoms with Gasteiger partial charge in [-0.05, 0) is 55.8 Å². The number of amides is 1. The van der Waals surface area contributed by atoms with Crippen molar-refractivity contribution < 1.29 is 23.0 Å². The van der Waals surface area contributed by atoms with Crippen LogP contribution in [0.15, 0.2) is 48.7 Å². The third kappa shape index (κ3) is 4.81. The summed E-state index contributed by atoms with van der Waals surface area (Å²) in [5.41, 5.74) is -0.219. The average Bonchev–Trinajstić information content (AvgIpc) is 3.46. The van der Waals surface area contributed by atoms with E-state index in [2.05, 4.69) is 39.1 Å². The van der Waals surface area contributed by atoms with Gasteiger partial charge in [0, 0.05) is 40.7 Å². The van der Waals surface area contributed by atoms with Gasteiger partial charge in [-0.25, -0.2) is 0 Å². The largest absolute Gasteiger partial charge is 0.487 e. The number of aromatic amines is 1. The van der Waals surface area contributed by atoms with Crippen molar-refractivity contribution >= 4 is 34.2 Å². The van der Waals surface area contributed by atoms with Crippen molar-refractivity contribution in [1.29, 1.82) is 0 Å². The van der Waals surface area contributed by atoms with E-state index in [1.807, 2.05) is 10.6 Å². The predicted molar refractivity (Wildman–Crippen MR) is 125 cm³/mol. The van der Waals surface area contributed by atoms with Crippen LogP contribution in [0.4, 0.5) is 14.5 Å². The third-order valence-electron chi connectivity index (χ3n) is 5.37. The van der Waals surface area contributed by atoms with Crippen LogP contribution in [0.5, 0.6) is 11.8 Å². The van der Waals surface area contributed by atoms with Crippen LogP contribution in [-0.4, -0.2) is 38.3 Å². The van der Waals surface area contributed by atoms with Gasteiger partial charge in [0.15, 0.2) is 0 Å². The normalized spacial score (nSPS) is 12.5. The van der Waals surface area contributed by atoms with Gasteiger partial charge in [-0.3, -0.25) is 14.5 Å². The standard InChI is InChI=1S/C23H22ClF2N5O3/c1-4-13(2)31-20-17(18-9-10-27-30-18)11-14(12-19(20)29-22(31)33-3)21(32)28-15-5-7-16(8-6-15)34-23(24,25)26/h5-13H,4H2,1-3H3,(H,27,30)(H,28,32)/t13-/m1/s1. The first-order valence-electron chi connectivity index (χ1n) is 10.5. The monoisotopic (exact) mass is 489 g/mol. The molecule has 11 heteroatoms. The number of hydrogen-bond donors (Lipinski definition) is 2. The number of fused-ring (bicyclic) bond motifs is 1. The number of alkyl halides is 3. The number of nitrogens with zero attached hydrogens (tertiary/aromatic N) is 3. The Morgan fingerprint density at radius 2 is 2.00 bits per heavy atom. The zero-order valence-electron chi connectivity index (χ0n) is 18.6. The van der Waals surface area contributed by atoms with Crippen molar-refractivity contribution in [3.05, 3.63) is 54.2 Å². The summed E-state index contributed by atoms with van der Waals surface area (Å²) in [6.45, 7) is 4.13. The number of anilines is 1. The fourth-order valence-electron chi connectivity index (χ4n) is 3.63. The molecule has 0 radical (unpaired) electrons. The molecule has 0 saturated heterocycles. The molecule has 8 nitrogen and oxygen atoms in total. The fourth-order valence-corrected chi connectivity index (χ4v) is 3.72. The molecule has 0 aliphatic rings. The number of nitrogens with one attached hydrogen (secondary N) is 2. The first-order valence-corrected chi connectivity index (χ1v) is 10.8. The lowest BCUT2D eigenvalue weighted by molar-refractivity contribution is -0.0964. The van der Waals surface area contributed by atoms with Crippen LogP contribution >= 0.6 is 11.6 Å². The van der Waals surface area contributed by atoms with E-state index in [9.17, 15) is 13.6 Å². The van der Waals surface area contributed by atoms with Crippen molar-refractivity contribution in [3.63, 3.8) is 0 Å². The van der Waals surface area contributed by atoms with E-state index in [0.29, 0.717) is 22.8 Å². The summed E-state index contributed by atoms with van der Waals surface area (Å²) in [4.78, 5) is 17.7. The number of ether oxygens (including phenoxy) is 2. The van der Waals surface area contributed by atoms with E-state index in [1.54, 1.807) is 25.4 Å². The van der Waals surface area contributed by atoms with Gasteiger partial charge >= 0.3 is 5.57 Å². The maximum Gasteiger partial charge on any atom is 0.487 e. The number of carbonyl (C=O) groups is 1. The molecule has 34 heavy (non-hydrogen) atoms. The number of aromatic nitrogens is 4. The molecule has 2 aromatic heterocycles. The van der Waals surface area contributed by atoms with Crippen LogP contribution < -0.4 is 14.8 Å². The Balaban J connectivity index is 1.73. The minimum Gasteiger partial charge on any atom is -0.468 e. The summed E-state index contributed by atoms with van der Waals surface area (Å²) in [6.07, 6.45) is 2.48. The lowest BCUT2D eigenvalue weighted by atomic mass is 10.0. The Bertz CT molecular complexity index is 1300. The molecule has 1 atom stereocenters. The molecule has 2 heterocycles. The molecule has 0 saturated carbocycles. The van der Waals surface area contributed by atoms with Gasteiger partial charge < -0.3 is 14.8 Å². The second-order valence-electron chi connectivity index (χ2n) is 7.61. The van der Waals surface area contributed by atoms with Gasteiger partial charge in [0.1, 0.15) is 5.75 Å². The number of methoxy groups -OCH3 is 1. The Labute approximate surface area is 198 Å². The van der Waals surface area contributed by atoms with Gasteiger partial charge in [0.25, 0.3) is 11.9 Å². The molecule has 0 fully saturated rings. The zero-order valence-corrected chi connectivity index (χ0v) is 19.4. The van der Waals surface area contributed by atoms with E-state index in [-0.39, 0.29) is 11.8 Å². The highest BCUT2D eigenvalue weighted by molar-refractivity contribution is 6.20. The number of benzene rings is 2.